The van der Waals surface area contributed by atoms with Crippen LogP contribution < -0.4 is 5.73 Å². The molecule has 3 aromatic rings. The number of fused-ring (bicyclic) bond motifs is 1. The van der Waals surface area contributed by atoms with E-state index in [1.165, 1.54) is 6.07 Å². The lowest BCUT2D eigenvalue weighted by Crippen LogP contribution is -2.03. The van der Waals surface area contributed by atoms with Gasteiger partial charge in [0.05, 0.1) is 11.4 Å². The van der Waals surface area contributed by atoms with Crippen LogP contribution in [0.15, 0.2) is 18.2 Å². The number of nitrogens with zero attached hydrogens (tertiary/aromatic N) is 3. The molecule has 1 aromatic carbocycles. The van der Waals surface area contributed by atoms with Crippen LogP contribution in [-0.2, 0) is 6.54 Å². The number of aryl methyl sites for hydroxylation is 1. The lowest BCUT2D eigenvalue weighted by atomic mass is 10.2. The van der Waals surface area contributed by atoms with Gasteiger partial charge in [-0.15, -0.1) is 0 Å². The Morgan fingerprint density at radius 3 is 2.74 bits per heavy atom. The van der Waals surface area contributed by atoms with Crippen molar-refractivity contribution in [3.8, 4) is 11.4 Å². The zero-order chi connectivity index (χ0) is 13.6. The highest BCUT2D eigenvalue weighted by molar-refractivity contribution is 5.57. The molecule has 98 valence electrons. The fourth-order valence-electron chi connectivity index (χ4n) is 1.98. The van der Waals surface area contributed by atoms with Gasteiger partial charge < -0.3 is 5.73 Å². The average Bonchev–Trinajstić information content (AvgIpc) is 2.89. The Labute approximate surface area is 107 Å². The van der Waals surface area contributed by atoms with Gasteiger partial charge in [0, 0.05) is 12.1 Å². The number of benzene rings is 1. The number of imidazole rings is 1. The Hall–Kier alpha value is -2.28. The number of aromatic nitrogens is 4. The van der Waals surface area contributed by atoms with Gasteiger partial charge in [-0.3, -0.25) is 5.10 Å². The highest BCUT2D eigenvalue weighted by Crippen LogP contribution is 2.20. The van der Waals surface area contributed by atoms with E-state index in [1.807, 2.05) is 6.92 Å². The van der Waals surface area contributed by atoms with E-state index in [-0.39, 0.29) is 0 Å². The number of rotatable bonds is 2. The van der Waals surface area contributed by atoms with Crippen molar-refractivity contribution in [3.05, 3.63) is 41.2 Å². The number of H-pyrrole nitrogens is 1. The lowest BCUT2D eigenvalue weighted by molar-refractivity contribution is 0.509. The zero-order valence-electron chi connectivity index (χ0n) is 10.1. The maximum Gasteiger partial charge on any atom is 0.251 e. The Balaban J connectivity index is 2.15. The van der Waals surface area contributed by atoms with Crippen molar-refractivity contribution in [1.29, 1.82) is 0 Å². The van der Waals surface area contributed by atoms with Crippen LogP contribution in [0, 0.1) is 18.6 Å². The zero-order valence-corrected chi connectivity index (χ0v) is 10.1. The van der Waals surface area contributed by atoms with E-state index in [0.29, 0.717) is 23.7 Å². The molecule has 0 aliphatic rings. The average molecular weight is 263 g/mol. The van der Waals surface area contributed by atoms with Crippen LogP contribution in [0.1, 0.15) is 11.4 Å². The number of nitrogens with one attached hydrogen (secondary N) is 1. The molecule has 2 aromatic heterocycles. The summed E-state index contributed by atoms with van der Waals surface area (Å²) in [6, 6.07) is 3.60. The molecule has 19 heavy (non-hydrogen) atoms. The summed E-state index contributed by atoms with van der Waals surface area (Å²) < 4.78 is 27.7. The van der Waals surface area contributed by atoms with Crippen LogP contribution in [-0.4, -0.2) is 19.6 Å². The van der Waals surface area contributed by atoms with E-state index < -0.39 is 11.6 Å². The smallest absolute Gasteiger partial charge is 0.251 e. The molecule has 0 amide bonds. The largest absolute Gasteiger partial charge is 0.325 e. The van der Waals surface area contributed by atoms with Gasteiger partial charge in [-0.25, -0.2) is 18.3 Å². The van der Waals surface area contributed by atoms with E-state index in [4.69, 9.17) is 5.73 Å². The van der Waals surface area contributed by atoms with Crippen molar-refractivity contribution in [2.75, 3.05) is 0 Å². The molecule has 0 radical (unpaired) electrons. The highest BCUT2D eigenvalue weighted by Gasteiger charge is 2.13. The molecule has 0 fully saturated rings. The van der Waals surface area contributed by atoms with Gasteiger partial charge in [0.2, 0.25) is 0 Å². The number of hydrogen-bond donors (Lipinski definition) is 2. The van der Waals surface area contributed by atoms with Crippen LogP contribution in [0.2, 0.25) is 0 Å². The van der Waals surface area contributed by atoms with Crippen LogP contribution >= 0.6 is 0 Å². The van der Waals surface area contributed by atoms with E-state index in [9.17, 15) is 8.78 Å². The highest BCUT2D eigenvalue weighted by atomic mass is 19.2. The van der Waals surface area contributed by atoms with Crippen molar-refractivity contribution in [3.63, 3.8) is 0 Å². The number of aromatic amines is 1. The SMILES string of the molecule is Cc1nc2nc(-c3ccc(F)c(F)c3)[nH]n2c1CN. The van der Waals surface area contributed by atoms with Gasteiger partial charge in [0.25, 0.3) is 5.78 Å². The summed E-state index contributed by atoms with van der Waals surface area (Å²) in [5.74, 6) is -0.936. The molecule has 0 atom stereocenters. The quantitative estimate of drug-likeness (QED) is 0.740. The first-order valence-corrected chi connectivity index (χ1v) is 5.69. The van der Waals surface area contributed by atoms with Crippen molar-refractivity contribution >= 4 is 5.78 Å². The van der Waals surface area contributed by atoms with Crippen molar-refractivity contribution < 1.29 is 8.78 Å². The third-order valence-electron chi connectivity index (χ3n) is 2.97. The molecular formula is C12H11F2N5. The fourth-order valence-corrected chi connectivity index (χ4v) is 1.98. The molecule has 0 saturated heterocycles. The fraction of sp³-hybridized carbons (Fsp3) is 0.167. The van der Waals surface area contributed by atoms with Crippen molar-refractivity contribution in [1.82, 2.24) is 19.6 Å². The molecule has 0 spiro atoms. The normalized spacial score (nSPS) is 11.4. The summed E-state index contributed by atoms with van der Waals surface area (Å²) in [4.78, 5) is 8.48. The van der Waals surface area contributed by atoms with E-state index in [1.54, 1.807) is 4.52 Å². The van der Waals surface area contributed by atoms with Gasteiger partial charge >= 0.3 is 0 Å². The summed E-state index contributed by atoms with van der Waals surface area (Å²) in [7, 11) is 0. The molecule has 0 aliphatic carbocycles. The maximum atomic E-state index is 13.2. The molecular weight excluding hydrogens is 252 g/mol. The first-order chi connectivity index (χ1) is 9.10. The molecule has 3 rings (SSSR count). The molecule has 7 heteroatoms. The van der Waals surface area contributed by atoms with E-state index in [0.717, 1.165) is 23.5 Å². The number of hydrogen-bond acceptors (Lipinski definition) is 3. The predicted molar refractivity (Wildman–Crippen MR) is 65.3 cm³/mol. The molecule has 0 unspecified atom stereocenters. The molecule has 2 heterocycles. The Kier molecular flexibility index (Phi) is 2.56. The molecule has 0 aliphatic heterocycles. The monoisotopic (exact) mass is 263 g/mol. The topological polar surface area (TPSA) is 72.0 Å². The van der Waals surface area contributed by atoms with Gasteiger partial charge in [0.1, 0.15) is 0 Å². The number of halogens is 2. The van der Waals surface area contributed by atoms with Crippen molar-refractivity contribution in [2.24, 2.45) is 5.73 Å². The summed E-state index contributed by atoms with van der Waals surface area (Å²) in [6.07, 6.45) is 0. The first-order valence-electron chi connectivity index (χ1n) is 5.69. The van der Waals surface area contributed by atoms with E-state index in [2.05, 4.69) is 15.1 Å². The van der Waals surface area contributed by atoms with Crippen molar-refractivity contribution in [2.45, 2.75) is 13.5 Å². The van der Waals surface area contributed by atoms with Gasteiger partial charge in [-0.1, -0.05) is 0 Å². The van der Waals surface area contributed by atoms with E-state index >= 15 is 0 Å². The first kappa shape index (κ1) is 11.8. The Morgan fingerprint density at radius 2 is 2.05 bits per heavy atom. The van der Waals surface area contributed by atoms with Gasteiger partial charge in [-0.05, 0) is 25.1 Å². The molecule has 0 saturated carbocycles. The molecule has 0 bridgehead atoms. The molecule has 3 N–H and O–H groups in total. The van der Waals surface area contributed by atoms with Gasteiger partial charge in [0.15, 0.2) is 17.5 Å². The van der Waals surface area contributed by atoms with Crippen LogP contribution in [0.3, 0.4) is 0 Å². The Bertz CT molecular complexity index is 759. The molecule has 5 nitrogen and oxygen atoms in total. The minimum atomic E-state index is -0.915. The van der Waals surface area contributed by atoms with Gasteiger partial charge in [-0.2, -0.15) is 4.98 Å². The minimum absolute atomic E-state index is 0.312. The number of nitrogens with two attached hydrogens (primary N) is 1. The third-order valence-corrected chi connectivity index (χ3v) is 2.97. The van der Waals surface area contributed by atoms with Crippen LogP contribution in [0.5, 0.6) is 0 Å². The lowest BCUT2D eigenvalue weighted by Gasteiger charge is -1.98. The third kappa shape index (κ3) is 1.78. The summed E-state index contributed by atoms with van der Waals surface area (Å²) in [6.45, 7) is 2.15. The standard InChI is InChI=1S/C12H11F2N5/c1-6-10(5-15)19-12(16-6)17-11(18-19)7-2-3-8(13)9(14)4-7/h2-4H,5,15H2,1H3,(H,16,17,18). The summed E-state index contributed by atoms with van der Waals surface area (Å²) >= 11 is 0. The second kappa shape index (κ2) is 4.13. The van der Waals surface area contributed by atoms with Crippen LogP contribution in [0.25, 0.3) is 17.2 Å². The maximum absolute atomic E-state index is 13.2. The second-order valence-corrected chi connectivity index (χ2v) is 4.18. The summed E-state index contributed by atoms with van der Waals surface area (Å²) in [5, 5.41) is 2.97. The predicted octanol–water partition coefficient (Wildman–Crippen LogP) is 1.77. The minimum Gasteiger partial charge on any atom is -0.325 e. The van der Waals surface area contributed by atoms with Crippen LogP contribution in [0.4, 0.5) is 8.78 Å². The second-order valence-electron chi connectivity index (χ2n) is 4.18. The Morgan fingerprint density at radius 1 is 1.26 bits per heavy atom. The summed E-state index contributed by atoms with van der Waals surface area (Å²) in [5.41, 5.74) is 7.68.